The Morgan fingerprint density at radius 3 is 2.58 bits per heavy atom. The Morgan fingerprint density at radius 2 is 2.05 bits per heavy atom. The Hall–Kier alpha value is -0.120. The second-order valence-corrected chi connectivity index (χ2v) is 6.73. The minimum absolute atomic E-state index is 0.311. The first-order valence-corrected chi connectivity index (χ1v) is 7.99. The van der Waals surface area contributed by atoms with Crippen molar-refractivity contribution in [1.29, 1.82) is 0 Å². The molecule has 0 amide bonds. The molecule has 1 saturated heterocycles. The van der Waals surface area contributed by atoms with Gasteiger partial charge in [0, 0.05) is 31.2 Å². The van der Waals surface area contributed by atoms with E-state index in [9.17, 15) is 0 Å². The highest BCUT2D eigenvalue weighted by atomic mass is 16.5. The van der Waals surface area contributed by atoms with Crippen molar-refractivity contribution in [3.63, 3.8) is 0 Å². The number of ether oxygens (including phenoxy) is 1. The molecule has 0 saturated carbocycles. The number of rotatable bonds is 8. The van der Waals surface area contributed by atoms with Gasteiger partial charge in [0.2, 0.25) is 0 Å². The summed E-state index contributed by atoms with van der Waals surface area (Å²) >= 11 is 0. The highest BCUT2D eigenvalue weighted by Crippen LogP contribution is 2.30. The van der Waals surface area contributed by atoms with Crippen molar-refractivity contribution in [2.24, 2.45) is 11.3 Å². The Labute approximate surface area is 120 Å². The van der Waals surface area contributed by atoms with E-state index in [1.54, 1.807) is 0 Å². The molecule has 0 radical (unpaired) electrons. The van der Waals surface area contributed by atoms with Crippen LogP contribution in [-0.4, -0.2) is 50.8 Å². The fraction of sp³-hybridized carbons (Fsp3) is 1.00. The van der Waals surface area contributed by atoms with Gasteiger partial charge in [-0.25, -0.2) is 0 Å². The van der Waals surface area contributed by atoms with E-state index in [0.717, 1.165) is 32.8 Å². The second-order valence-electron chi connectivity index (χ2n) is 6.73. The van der Waals surface area contributed by atoms with Gasteiger partial charge in [-0.05, 0) is 45.7 Å². The minimum Gasteiger partial charge on any atom is -0.381 e. The standard InChI is InChI=1S/C16H34N2O/c1-6-9-17-11-16(8-7-10-19-13-16)12-18(5)15(4)14(2)3/h14-15,17H,6-13H2,1-5H3. The van der Waals surface area contributed by atoms with Crippen molar-refractivity contribution >= 4 is 0 Å². The molecule has 2 atom stereocenters. The summed E-state index contributed by atoms with van der Waals surface area (Å²) < 4.78 is 5.79. The normalized spacial score (nSPS) is 26.1. The quantitative estimate of drug-likeness (QED) is 0.686. The summed E-state index contributed by atoms with van der Waals surface area (Å²) in [7, 11) is 2.26. The number of nitrogens with zero attached hydrogens (tertiary/aromatic N) is 1. The predicted octanol–water partition coefficient (Wildman–Crippen LogP) is 2.76. The van der Waals surface area contributed by atoms with Crippen molar-refractivity contribution in [1.82, 2.24) is 10.2 Å². The molecule has 19 heavy (non-hydrogen) atoms. The zero-order chi connectivity index (χ0) is 14.3. The van der Waals surface area contributed by atoms with Gasteiger partial charge in [-0.15, -0.1) is 0 Å². The maximum Gasteiger partial charge on any atom is 0.0546 e. The van der Waals surface area contributed by atoms with Gasteiger partial charge in [-0.1, -0.05) is 20.8 Å². The topological polar surface area (TPSA) is 24.5 Å². The molecule has 0 aliphatic carbocycles. The zero-order valence-electron chi connectivity index (χ0n) is 13.7. The van der Waals surface area contributed by atoms with Crippen LogP contribution in [0, 0.1) is 11.3 Å². The molecule has 1 aliphatic rings. The molecule has 0 aromatic rings. The summed E-state index contributed by atoms with van der Waals surface area (Å²) in [4.78, 5) is 2.52. The van der Waals surface area contributed by atoms with Crippen molar-refractivity contribution in [3.8, 4) is 0 Å². The lowest BCUT2D eigenvalue weighted by Crippen LogP contribution is -2.50. The highest BCUT2D eigenvalue weighted by molar-refractivity contribution is 4.88. The van der Waals surface area contributed by atoms with Crippen LogP contribution in [0.5, 0.6) is 0 Å². The SMILES string of the molecule is CCCNCC1(CN(C)C(C)C(C)C)CCCOC1. The fourth-order valence-electron chi connectivity index (χ4n) is 2.94. The van der Waals surface area contributed by atoms with E-state index >= 15 is 0 Å². The molecule has 3 heteroatoms. The van der Waals surface area contributed by atoms with Gasteiger partial charge in [-0.2, -0.15) is 0 Å². The van der Waals surface area contributed by atoms with Gasteiger partial charge >= 0.3 is 0 Å². The Bertz CT molecular complexity index is 237. The summed E-state index contributed by atoms with van der Waals surface area (Å²) in [5, 5.41) is 3.61. The maximum absolute atomic E-state index is 5.79. The van der Waals surface area contributed by atoms with Gasteiger partial charge in [0.1, 0.15) is 0 Å². The molecule has 1 aliphatic heterocycles. The van der Waals surface area contributed by atoms with Crippen LogP contribution in [0.15, 0.2) is 0 Å². The van der Waals surface area contributed by atoms with Gasteiger partial charge in [0.25, 0.3) is 0 Å². The third kappa shape index (κ3) is 5.41. The molecular formula is C16H34N2O. The Balaban J connectivity index is 2.57. The summed E-state index contributed by atoms with van der Waals surface area (Å²) in [6.45, 7) is 14.4. The molecule has 2 unspecified atom stereocenters. The van der Waals surface area contributed by atoms with E-state index in [0.29, 0.717) is 17.4 Å². The van der Waals surface area contributed by atoms with E-state index in [1.165, 1.54) is 19.3 Å². The van der Waals surface area contributed by atoms with E-state index < -0.39 is 0 Å². The van der Waals surface area contributed by atoms with Crippen LogP contribution in [-0.2, 0) is 4.74 Å². The van der Waals surface area contributed by atoms with Crippen LogP contribution in [0.1, 0.15) is 47.0 Å². The van der Waals surface area contributed by atoms with Crippen LogP contribution in [0.4, 0.5) is 0 Å². The smallest absolute Gasteiger partial charge is 0.0546 e. The average molecular weight is 270 g/mol. The fourth-order valence-corrected chi connectivity index (χ4v) is 2.94. The predicted molar refractivity (Wildman–Crippen MR) is 82.6 cm³/mol. The van der Waals surface area contributed by atoms with Crippen LogP contribution in [0.25, 0.3) is 0 Å². The molecule has 1 heterocycles. The first-order chi connectivity index (χ1) is 9.01. The Kier molecular flexibility index (Phi) is 7.33. The molecule has 1 fully saturated rings. The summed E-state index contributed by atoms with van der Waals surface area (Å²) in [6.07, 6.45) is 3.70. The average Bonchev–Trinajstić information content (AvgIpc) is 2.39. The molecule has 114 valence electrons. The van der Waals surface area contributed by atoms with E-state index in [-0.39, 0.29) is 0 Å². The highest BCUT2D eigenvalue weighted by Gasteiger charge is 2.34. The van der Waals surface area contributed by atoms with Gasteiger partial charge < -0.3 is 15.0 Å². The third-order valence-electron chi connectivity index (χ3n) is 4.58. The maximum atomic E-state index is 5.79. The lowest BCUT2D eigenvalue weighted by atomic mass is 9.81. The lowest BCUT2D eigenvalue weighted by molar-refractivity contribution is -0.0297. The van der Waals surface area contributed by atoms with Crippen molar-refractivity contribution in [2.75, 3.05) is 39.9 Å². The second kappa shape index (κ2) is 8.23. The van der Waals surface area contributed by atoms with Crippen LogP contribution in [0.3, 0.4) is 0 Å². The van der Waals surface area contributed by atoms with Gasteiger partial charge in [0.15, 0.2) is 0 Å². The summed E-state index contributed by atoms with van der Waals surface area (Å²) in [5.74, 6) is 0.704. The number of hydrogen-bond donors (Lipinski definition) is 1. The Morgan fingerprint density at radius 1 is 1.32 bits per heavy atom. The van der Waals surface area contributed by atoms with Crippen LogP contribution in [0.2, 0.25) is 0 Å². The van der Waals surface area contributed by atoms with Crippen molar-refractivity contribution < 1.29 is 4.74 Å². The monoisotopic (exact) mass is 270 g/mol. The molecule has 0 bridgehead atoms. The van der Waals surface area contributed by atoms with Crippen LogP contribution < -0.4 is 5.32 Å². The van der Waals surface area contributed by atoms with Crippen molar-refractivity contribution in [2.45, 2.75) is 53.0 Å². The molecule has 1 rings (SSSR count). The molecule has 3 nitrogen and oxygen atoms in total. The van der Waals surface area contributed by atoms with E-state index in [1.807, 2.05) is 0 Å². The summed E-state index contributed by atoms with van der Waals surface area (Å²) in [5.41, 5.74) is 0.311. The zero-order valence-corrected chi connectivity index (χ0v) is 13.7. The van der Waals surface area contributed by atoms with Crippen molar-refractivity contribution in [3.05, 3.63) is 0 Å². The number of hydrogen-bond acceptors (Lipinski definition) is 3. The van der Waals surface area contributed by atoms with Gasteiger partial charge in [0.05, 0.1) is 6.61 Å². The lowest BCUT2D eigenvalue weighted by Gasteiger charge is -2.42. The third-order valence-corrected chi connectivity index (χ3v) is 4.58. The molecule has 1 N–H and O–H groups in total. The first-order valence-electron chi connectivity index (χ1n) is 7.99. The summed E-state index contributed by atoms with van der Waals surface area (Å²) in [6, 6.07) is 0.630. The number of nitrogens with one attached hydrogen (secondary N) is 1. The molecule has 0 spiro atoms. The minimum atomic E-state index is 0.311. The van der Waals surface area contributed by atoms with E-state index in [2.05, 4.69) is 45.0 Å². The molecular weight excluding hydrogens is 236 g/mol. The van der Waals surface area contributed by atoms with Gasteiger partial charge in [-0.3, -0.25) is 0 Å². The first kappa shape index (κ1) is 16.9. The van der Waals surface area contributed by atoms with E-state index in [4.69, 9.17) is 4.74 Å². The largest absolute Gasteiger partial charge is 0.381 e. The molecule has 0 aromatic carbocycles. The van der Waals surface area contributed by atoms with Crippen LogP contribution >= 0.6 is 0 Å². The molecule has 0 aromatic heterocycles.